The molecule has 2 aromatic heterocycles. The van der Waals surface area contributed by atoms with Gasteiger partial charge in [0.05, 0.1) is 13.1 Å². The van der Waals surface area contributed by atoms with Gasteiger partial charge in [-0.3, -0.25) is 4.98 Å². The third-order valence-electron chi connectivity index (χ3n) is 2.06. The molecule has 4 nitrogen and oxygen atoms in total. The first-order valence-electron chi connectivity index (χ1n) is 4.49. The monoisotopic (exact) mass is 260 g/mol. The number of hydrogen-bond acceptors (Lipinski definition) is 3. The highest BCUT2D eigenvalue weighted by atomic mass is 35.5. The van der Waals surface area contributed by atoms with E-state index >= 15 is 0 Å². The zero-order valence-corrected chi connectivity index (χ0v) is 10.2. The van der Waals surface area contributed by atoms with Gasteiger partial charge in [0.15, 0.2) is 0 Å². The Balaban J connectivity index is 0.00000112. The number of halogens is 2. The molecule has 2 aromatic rings. The van der Waals surface area contributed by atoms with E-state index in [9.17, 15) is 0 Å². The summed E-state index contributed by atoms with van der Waals surface area (Å²) in [6.45, 7) is 1.24. The van der Waals surface area contributed by atoms with Crippen LogP contribution in [0.2, 0.25) is 0 Å². The van der Waals surface area contributed by atoms with Crippen molar-refractivity contribution >= 4 is 24.8 Å². The van der Waals surface area contributed by atoms with E-state index in [4.69, 9.17) is 5.73 Å². The second-order valence-corrected chi connectivity index (χ2v) is 3.04. The molecule has 0 aliphatic heterocycles. The Morgan fingerprint density at radius 2 is 2.06 bits per heavy atom. The summed E-state index contributed by atoms with van der Waals surface area (Å²) in [5.74, 6) is 0.897. The van der Waals surface area contributed by atoms with Gasteiger partial charge in [0, 0.05) is 24.8 Å². The van der Waals surface area contributed by atoms with Crippen molar-refractivity contribution in [2.75, 3.05) is 0 Å². The van der Waals surface area contributed by atoms with Gasteiger partial charge < -0.3 is 10.3 Å². The number of nitrogens with two attached hydrogens (primary N) is 1. The van der Waals surface area contributed by atoms with E-state index in [1.165, 1.54) is 0 Å². The Hall–Kier alpha value is -1.10. The molecule has 0 atom stereocenters. The summed E-state index contributed by atoms with van der Waals surface area (Å²) >= 11 is 0. The van der Waals surface area contributed by atoms with Gasteiger partial charge in [0.25, 0.3) is 0 Å². The van der Waals surface area contributed by atoms with Gasteiger partial charge >= 0.3 is 0 Å². The molecule has 6 heteroatoms. The first-order valence-corrected chi connectivity index (χ1v) is 4.49. The fourth-order valence-corrected chi connectivity index (χ4v) is 1.36. The normalized spacial score (nSPS) is 9.06. The summed E-state index contributed by atoms with van der Waals surface area (Å²) in [6, 6.07) is 3.96. The highest BCUT2D eigenvalue weighted by Crippen LogP contribution is 2.03. The average molecular weight is 261 g/mol. The molecule has 88 valence electrons. The maximum absolute atomic E-state index is 5.55. The van der Waals surface area contributed by atoms with E-state index in [0.29, 0.717) is 6.54 Å². The summed E-state index contributed by atoms with van der Waals surface area (Å²) < 4.78 is 2.02. The van der Waals surface area contributed by atoms with Crippen LogP contribution in [-0.4, -0.2) is 14.5 Å². The van der Waals surface area contributed by atoms with Crippen LogP contribution in [0, 0.1) is 0 Å². The third kappa shape index (κ3) is 3.48. The van der Waals surface area contributed by atoms with E-state index in [-0.39, 0.29) is 24.8 Å². The number of hydrogen-bond donors (Lipinski definition) is 1. The number of nitrogens with zero attached hydrogens (tertiary/aromatic N) is 3. The second-order valence-electron chi connectivity index (χ2n) is 3.04. The maximum Gasteiger partial charge on any atom is 0.122 e. The van der Waals surface area contributed by atoms with E-state index in [0.717, 1.165) is 17.9 Å². The molecule has 2 rings (SSSR count). The molecule has 0 amide bonds. The van der Waals surface area contributed by atoms with Crippen molar-refractivity contribution in [3.8, 4) is 0 Å². The molecule has 16 heavy (non-hydrogen) atoms. The van der Waals surface area contributed by atoms with Crippen molar-refractivity contribution in [2.45, 2.75) is 13.1 Å². The molecule has 0 aromatic carbocycles. The molecule has 0 spiro atoms. The van der Waals surface area contributed by atoms with Gasteiger partial charge in [-0.1, -0.05) is 6.07 Å². The van der Waals surface area contributed by atoms with E-state index < -0.39 is 0 Å². The number of aromatic nitrogens is 3. The lowest BCUT2D eigenvalue weighted by Gasteiger charge is -2.05. The molecule has 0 radical (unpaired) electrons. The molecule has 2 N–H and O–H groups in total. The molecule has 0 unspecified atom stereocenters. The molecule has 2 heterocycles. The second kappa shape index (κ2) is 7.22. The molecule has 0 bridgehead atoms. The highest BCUT2D eigenvalue weighted by Gasteiger charge is 2.00. The summed E-state index contributed by atoms with van der Waals surface area (Å²) in [7, 11) is 0. The Morgan fingerprint density at radius 1 is 1.25 bits per heavy atom. The van der Waals surface area contributed by atoms with Crippen LogP contribution in [0.3, 0.4) is 0 Å². The Labute approximate surface area is 107 Å². The minimum atomic E-state index is 0. The van der Waals surface area contributed by atoms with Gasteiger partial charge in [-0.2, -0.15) is 0 Å². The van der Waals surface area contributed by atoms with Crippen molar-refractivity contribution in [2.24, 2.45) is 5.73 Å². The van der Waals surface area contributed by atoms with Gasteiger partial charge in [-0.05, 0) is 11.6 Å². The van der Waals surface area contributed by atoms with Crippen molar-refractivity contribution in [3.63, 3.8) is 0 Å². The minimum absolute atomic E-state index is 0. The van der Waals surface area contributed by atoms with Crippen molar-refractivity contribution in [1.82, 2.24) is 14.5 Å². The minimum Gasteiger partial charge on any atom is -0.329 e. The molecule has 0 aliphatic carbocycles. The van der Waals surface area contributed by atoms with E-state index in [1.807, 2.05) is 29.1 Å². The first-order chi connectivity index (χ1) is 6.90. The van der Waals surface area contributed by atoms with Gasteiger partial charge in [0.2, 0.25) is 0 Å². The SMILES string of the molecule is Cl.Cl.NCc1nccn1Cc1cccnc1. The van der Waals surface area contributed by atoms with Crippen LogP contribution in [0.1, 0.15) is 11.4 Å². The fraction of sp³-hybridized carbons (Fsp3) is 0.200. The summed E-state index contributed by atoms with van der Waals surface area (Å²) in [5.41, 5.74) is 6.70. The number of imidazole rings is 1. The van der Waals surface area contributed by atoms with Crippen LogP contribution in [0.5, 0.6) is 0 Å². The van der Waals surface area contributed by atoms with Crippen LogP contribution < -0.4 is 5.73 Å². The quantitative estimate of drug-likeness (QED) is 0.913. The number of rotatable bonds is 3. The Morgan fingerprint density at radius 3 is 2.69 bits per heavy atom. The molecule has 0 fully saturated rings. The van der Waals surface area contributed by atoms with Gasteiger partial charge in [0.1, 0.15) is 5.82 Å². The summed E-state index contributed by atoms with van der Waals surface area (Å²) in [4.78, 5) is 8.20. The lowest BCUT2D eigenvalue weighted by Crippen LogP contribution is -2.08. The van der Waals surface area contributed by atoms with Crippen LogP contribution in [0.4, 0.5) is 0 Å². The molecule has 0 aliphatic rings. The molecule has 0 saturated carbocycles. The van der Waals surface area contributed by atoms with Crippen molar-refractivity contribution < 1.29 is 0 Å². The molecule has 0 saturated heterocycles. The van der Waals surface area contributed by atoms with E-state index in [2.05, 4.69) is 9.97 Å². The van der Waals surface area contributed by atoms with Crippen molar-refractivity contribution in [1.29, 1.82) is 0 Å². The average Bonchev–Trinajstić information content (AvgIpc) is 2.67. The summed E-state index contributed by atoms with van der Waals surface area (Å²) in [5, 5.41) is 0. The topological polar surface area (TPSA) is 56.7 Å². The smallest absolute Gasteiger partial charge is 0.122 e. The molecular weight excluding hydrogens is 247 g/mol. The Bertz CT molecular complexity index is 402. The first kappa shape index (κ1) is 14.9. The standard InChI is InChI=1S/C10H12N4.2ClH/c11-6-10-13-4-5-14(10)8-9-2-1-3-12-7-9;;/h1-5,7H,6,8,11H2;2*1H. The van der Waals surface area contributed by atoms with E-state index in [1.54, 1.807) is 12.4 Å². The Kier molecular flexibility index (Phi) is 6.72. The predicted molar refractivity (Wildman–Crippen MR) is 68.0 cm³/mol. The lowest BCUT2D eigenvalue weighted by molar-refractivity contribution is 0.722. The molecular formula is C10H14Cl2N4. The predicted octanol–water partition coefficient (Wildman–Crippen LogP) is 1.63. The summed E-state index contributed by atoms with van der Waals surface area (Å²) in [6.07, 6.45) is 7.30. The largest absolute Gasteiger partial charge is 0.329 e. The number of pyridine rings is 1. The van der Waals surface area contributed by atoms with Crippen LogP contribution in [0.15, 0.2) is 36.9 Å². The fourth-order valence-electron chi connectivity index (χ4n) is 1.36. The van der Waals surface area contributed by atoms with Gasteiger partial charge in [-0.15, -0.1) is 24.8 Å². The zero-order chi connectivity index (χ0) is 9.80. The maximum atomic E-state index is 5.55. The van der Waals surface area contributed by atoms with Crippen LogP contribution in [-0.2, 0) is 13.1 Å². The van der Waals surface area contributed by atoms with Crippen LogP contribution >= 0.6 is 24.8 Å². The third-order valence-corrected chi connectivity index (χ3v) is 2.06. The lowest BCUT2D eigenvalue weighted by atomic mass is 10.3. The zero-order valence-electron chi connectivity index (χ0n) is 8.61. The van der Waals surface area contributed by atoms with Gasteiger partial charge in [-0.25, -0.2) is 4.98 Å². The highest BCUT2D eigenvalue weighted by molar-refractivity contribution is 5.85. The van der Waals surface area contributed by atoms with Crippen LogP contribution in [0.25, 0.3) is 0 Å². The van der Waals surface area contributed by atoms with Crippen molar-refractivity contribution in [3.05, 3.63) is 48.3 Å².